The van der Waals surface area contributed by atoms with Crippen LogP contribution in [0, 0.1) is 6.92 Å². The fraction of sp³-hybridized carbons (Fsp3) is 0.529. The maximum absolute atomic E-state index is 12.7. The SMILES string of the molecule is COc1ccc(C(=O)N2CCN(C(=O)C3CSCN3)CC2)cc1C. The molecule has 1 atom stereocenters. The molecule has 2 amide bonds. The van der Waals surface area contributed by atoms with Gasteiger partial charge in [0, 0.05) is 43.4 Å². The number of hydrogen-bond acceptors (Lipinski definition) is 5. The van der Waals surface area contributed by atoms with Gasteiger partial charge in [-0.25, -0.2) is 0 Å². The van der Waals surface area contributed by atoms with Gasteiger partial charge in [-0.1, -0.05) is 0 Å². The molecule has 0 aliphatic carbocycles. The van der Waals surface area contributed by atoms with Crippen LogP contribution in [0.1, 0.15) is 15.9 Å². The molecular formula is C17H23N3O3S. The topological polar surface area (TPSA) is 61.9 Å². The summed E-state index contributed by atoms with van der Waals surface area (Å²) in [5.41, 5.74) is 1.61. The van der Waals surface area contributed by atoms with Gasteiger partial charge in [-0.3, -0.25) is 14.9 Å². The molecule has 2 saturated heterocycles. The van der Waals surface area contributed by atoms with Gasteiger partial charge in [0.25, 0.3) is 5.91 Å². The lowest BCUT2D eigenvalue weighted by Gasteiger charge is -2.36. The summed E-state index contributed by atoms with van der Waals surface area (Å²) in [6, 6.07) is 5.41. The van der Waals surface area contributed by atoms with Crippen molar-refractivity contribution in [3.05, 3.63) is 29.3 Å². The van der Waals surface area contributed by atoms with Crippen LogP contribution in [0.2, 0.25) is 0 Å². The molecule has 2 aliphatic rings. The number of benzene rings is 1. The van der Waals surface area contributed by atoms with E-state index in [9.17, 15) is 9.59 Å². The van der Waals surface area contributed by atoms with Gasteiger partial charge in [-0.2, -0.15) is 0 Å². The Morgan fingerprint density at radius 1 is 1.21 bits per heavy atom. The van der Waals surface area contributed by atoms with Crippen LogP contribution in [0.3, 0.4) is 0 Å². The van der Waals surface area contributed by atoms with Crippen LogP contribution in [0.4, 0.5) is 0 Å². The largest absolute Gasteiger partial charge is 0.496 e. The molecule has 2 fully saturated rings. The first-order valence-corrected chi connectivity index (χ1v) is 9.29. The predicted molar refractivity (Wildman–Crippen MR) is 94.5 cm³/mol. The number of amides is 2. The Labute approximate surface area is 146 Å². The van der Waals surface area contributed by atoms with Crippen LogP contribution in [-0.2, 0) is 4.79 Å². The number of methoxy groups -OCH3 is 1. The highest BCUT2D eigenvalue weighted by atomic mass is 32.2. The Bertz CT molecular complexity index is 624. The Morgan fingerprint density at radius 3 is 2.50 bits per heavy atom. The third kappa shape index (κ3) is 3.52. The monoisotopic (exact) mass is 349 g/mol. The van der Waals surface area contributed by atoms with Crippen LogP contribution in [0.5, 0.6) is 5.75 Å². The Balaban J connectivity index is 1.58. The Hall–Kier alpha value is -1.73. The Morgan fingerprint density at radius 2 is 1.92 bits per heavy atom. The first-order valence-electron chi connectivity index (χ1n) is 8.14. The minimum absolute atomic E-state index is 0.0161. The van der Waals surface area contributed by atoms with Crippen molar-refractivity contribution in [3.8, 4) is 5.75 Å². The Kier molecular flexibility index (Phi) is 5.30. The summed E-state index contributed by atoms with van der Waals surface area (Å²) in [6.07, 6.45) is 0. The molecule has 3 rings (SSSR count). The molecule has 0 aromatic heterocycles. The maximum atomic E-state index is 12.7. The lowest BCUT2D eigenvalue weighted by atomic mass is 10.1. The lowest BCUT2D eigenvalue weighted by molar-refractivity contribution is -0.134. The van der Waals surface area contributed by atoms with Crippen molar-refractivity contribution in [2.45, 2.75) is 13.0 Å². The van der Waals surface area contributed by atoms with Gasteiger partial charge in [0.2, 0.25) is 5.91 Å². The zero-order chi connectivity index (χ0) is 17.1. The van der Waals surface area contributed by atoms with Crippen LogP contribution < -0.4 is 10.1 Å². The molecule has 0 spiro atoms. The molecule has 2 aliphatic heterocycles. The average Bonchev–Trinajstić information content (AvgIpc) is 3.15. The molecule has 1 aromatic rings. The second kappa shape index (κ2) is 7.44. The number of thioether (sulfide) groups is 1. The van der Waals surface area contributed by atoms with Gasteiger partial charge in [-0.15, -0.1) is 11.8 Å². The minimum atomic E-state index is -0.0681. The fourth-order valence-corrected chi connectivity index (χ4v) is 4.03. The maximum Gasteiger partial charge on any atom is 0.253 e. The molecule has 7 heteroatoms. The second-order valence-corrected chi connectivity index (χ2v) is 7.10. The molecular weight excluding hydrogens is 326 g/mol. The molecule has 24 heavy (non-hydrogen) atoms. The van der Waals surface area contributed by atoms with Gasteiger partial charge >= 0.3 is 0 Å². The zero-order valence-electron chi connectivity index (χ0n) is 14.1. The van der Waals surface area contributed by atoms with Crippen LogP contribution in [0.25, 0.3) is 0 Å². The number of nitrogens with one attached hydrogen (secondary N) is 1. The number of aryl methyl sites for hydroxylation is 1. The normalized spacial score (nSPS) is 21.0. The van der Waals surface area contributed by atoms with Crippen LogP contribution in [0.15, 0.2) is 18.2 Å². The first-order chi connectivity index (χ1) is 11.6. The van der Waals surface area contributed by atoms with Gasteiger partial charge in [-0.05, 0) is 30.7 Å². The highest BCUT2D eigenvalue weighted by molar-refractivity contribution is 7.99. The van der Waals surface area contributed by atoms with Crippen molar-refractivity contribution in [1.29, 1.82) is 0 Å². The van der Waals surface area contributed by atoms with Crippen LogP contribution in [-0.4, -0.2) is 72.6 Å². The molecule has 0 bridgehead atoms. The molecule has 1 N–H and O–H groups in total. The summed E-state index contributed by atoms with van der Waals surface area (Å²) in [7, 11) is 1.62. The summed E-state index contributed by atoms with van der Waals surface area (Å²) in [4.78, 5) is 28.7. The van der Waals surface area contributed by atoms with Crippen molar-refractivity contribution in [2.75, 3.05) is 44.9 Å². The van der Waals surface area contributed by atoms with Gasteiger partial charge < -0.3 is 14.5 Å². The molecule has 1 unspecified atom stereocenters. The third-order valence-corrected chi connectivity index (χ3v) is 5.47. The smallest absolute Gasteiger partial charge is 0.253 e. The fourth-order valence-electron chi connectivity index (χ4n) is 3.10. The van der Waals surface area contributed by atoms with Crippen LogP contribution >= 0.6 is 11.8 Å². The number of rotatable bonds is 3. The molecule has 2 heterocycles. The van der Waals surface area contributed by atoms with Crippen molar-refractivity contribution >= 4 is 23.6 Å². The summed E-state index contributed by atoms with van der Waals surface area (Å²) in [5, 5.41) is 3.21. The van der Waals surface area contributed by atoms with E-state index in [1.807, 2.05) is 28.9 Å². The predicted octanol–water partition coefficient (Wildman–Crippen LogP) is 0.951. The zero-order valence-corrected chi connectivity index (χ0v) is 14.9. The number of nitrogens with zero attached hydrogens (tertiary/aromatic N) is 2. The van der Waals surface area contributed by atoms with Gasteiger partial charge in [0.1, 0.15) is 5.75 Å². The number of piperazine rings is 1. The molecule has 0 radical (unpaired) electrons. The number of hydrogen-bond donors (Lipinski definition) is 1. The minimum Gasteiger partial charge on any atom is -0.496 e. The standard InChI is InChI=1S/C17H23N3O3S/c1-12-9-13(3-4-15(12)23-2)16(21)19-5-7-20(8-6-19)17(22)14-10-24-11-18-14/h3-4,9,14,18H,5-8,10-11H2,1-2H3. The van der Waals surface area contributed by atoms with E-state index in [-0.39, 0.29) is 17.9 Å². The highest BCUT2D eigenvalue weighted by Crippen LogP contribution is 2.20. The first kappa shape index (κ1) is 17.1. The van der Waals surface area contributed by atoms with Gasteiger partial charge in [0.15, 0.2) is 0 Å². The van der Waals surface area contributed by atoms with E-state index in [1.54, 1.807) is 24.9 Å². The highest BCUT2D eigenvalue weighted by Gasteiger charge is 2.30. The van der Waals surface area contributed by atoms with E-state index in [4.69, 9.17) is 4.74 Å². The van der Waals surface area contributed by atoms with E-state index in [0.29, 0.717) is 31.7 Å². The van der Waals surface area contributed by atoms with Crippen molar-refractivity contribution in [2.24, 2.45) is 0 Å². The van der Waals surface area contributed by atoms with E-state index in [0.717, 1.165) is 22.9 Å². The van der Waals surface area contributed by atoms with E-state index in [1.165, 1.54) is 0 Å². The van der Waals surface area contributed by atoms with Crippen molar-refractivity contribution in [1.82, 2.24) is 15.1 Å². The molecule has 130 valence electrons. The van der Waals surface area contributed by atoms with Gasteiger partial charge in [0.05, 0.1) is 13.2 Å². The molecule has 1 aromatic carbocycles. The van der Waals surface area contributed by atoms with E-state index < -0.39 is 0 Å². The summed E-state index contributed by atoms with van der Waals surface area (Å²) in [5.74, 6) is 2.63. The number of carbonyl (C=O) groups is 2. The second-order valence-electron chi connectivity index (χ2n) is 6.07. The lowest BCUT2D eigenvalue weighted by Crippen LogP contribution is -2.54. The third-order valence-electron chi connectivity index (χ3n) is 4.53. The summed E-state index contributed by atoms with van der Waals surface area (Å²) in [6.45, 7) is 4.29. The van der Waals surface area contributed by atoms with Crippen molar-refractivity contribution < 1.29 is 14.3 Å². The summed E-state index contributed by atoms with van der Waals surface area (Å²) >= 11 is 1.75. The van der Waals surface area contributed by atoms with E-state index >= 15 is 0 Å². The quantitative estimate of drug-likeness (QED) is 0.880. The molecule has 6 nitrogen and oxygen atoms in total. The summed E-state index contributed by atoms with van der Waals surface area (Å²) < 4.78 is 5.24. The number of carbonyl (C=O) groups excluding carboxylic acids is 2. The average molecular weight is 349 g/mol. The molecule has 0 saturated carbocycles. The van der Waals surface area contributed by atoms with E-state index in [2.05, 4.69) is 5.32 Å². The van der Waals surface area contributed by atoms with Crippen molar-refractivity contribution in [3.63, 3.8) is 0 Å². The number of ether oxygens (including phenoxy) is 1.